The summed E-state index contributed by atoms with van der Waals surface area (Å²) in [5.74, 6) is 1.71. The maximum absolute atomic E-state index is 12.7. The number of carbonyl (C=O) groups excluding carboxylic acids is 1. The molecule has 1 aromatic heterocycles. The molecule has 24 heavy (non-hydrogen) atoms. The van der Waals surface area contributed by atoms with Crippen molar-refractivity contribution in [1.29, 1.82) is 0 Å². The number of carbonyl (C=O) groups is 1. The van der Waals surface area contributed by atoms with Gasteiger partial charge in [-0.2, -0.15) is 5.10 Å². The third kappa shape index (κ3) is 3.03. The highest BCUT2D eigenvalue weighted by Gasteiger charge is 2.27. The van der Waals surface area contributed by atoms with Crippen LogP contribution < -0.4 is 15.8 Å². The van der Waals surface area contributed by atoms with Crippen molar-refractivity contribution in [3.05, 3.63) is 34.4 Å². The van der Waals surface area contributed by atoms with Crippen LogP contribution in [0.1, 0.15) is 47.8 Å². The van der Waals surface area contributed by atoms with E-state index in [9.17, 15) is 4.79 Å². The quantitative estimate of drug-likeness (QED) is 0.826. The van der Waals surface area contributed by atoms with Crippen LogP contribution in [0.25, 0.3) is 0 Å². The number of fused-ring (bicyclic) bond motifs is 1. The topological polar surface area (TPSA) is 95.1 Å². The van der Waals surface area contributed by atoms with Gasteiger partial charge in [-0.25, -0.2) is 9.67 Å². The van der Waals surface area contributed by atoms with Crippen molar-refractivity contribution in [3.8, 4) is 5.75 Å². The molecule has 1 amide bonds. The van der Waals surface area contributed by atoms with Crippen LogP contribution in [-0.4, -0.2) is 27.8 Å². The van der Waals surface area contributed by atoms with Crippen LogP contribution in [0.3, 0.4) is 0 Å². The number of halogens is 1. The van der Waals surface area contributed by atoms with Gasteiger partial charge in [-0.05, 0) is 18.9 Å². The summed E-state index contributed by atoms with van der Waals surface area (Å²) in [5, 5.41) is 7.78. The molecule has 3 rings (SSSR count). The van der Waals surface area contributed by atoms with Gasteiger partial charge in [0.1, 0.15) is 11.6 Å². The van der Waals surface area contributed by atoms with E-state index < -0.39 is 0 Å². The summed E-state index contributed by atoms with van der Waals surface area (Å²) < 4.78 is 7.13. The molecule has 8 heteroatoms. The molecule has 1 aromatic carbocycles. The van der Waals surface area contributed by atoms with Crippen molar-refractivity contribution >= 4 is 23.2 Å². The molecule has 1 aliphatic heterocycles. The molecule has 0 saturated carbocycles. The fraction of sp³-hybridized carbons (Fsp3) is 0.438. The molecule has 128 valence electrons. The second-order valence-electron chi connectivity index (χ2n) is 5.71. The number of nitrogen functional groups attached to an aromatic ring is 1. The minimum atomic E-state index is -0.270. The number of nitrogens with one attached hydrogen (secondary N) is 1. The predicted molar refractivity (Wildman–Crippen MR) is 91.3 cm³/mol. The van der Waals surface area contributed by atoms with E-state index in [2.05, 4.69) is 15.4 Å². The molecule has 0 spiro atoms. The van der Waals surface area contributed by atoms with Gasteiger partial charge in [-0.15, -0.1) is 0 Å². The van der Waals surface area contributed by atoms with E-state index in [0.29, 0.717) is 22.0 Å². The lowest BCUT2D eigenvalue weighted by Crippen LogP contribution is -2.33. The Morgan fingerprint density at radius 2 is 2.33 bits per heavy atom. The Morgan fingerprint density at radius 3 is 3.04 bits per heavy atom. The molecule has 1 atom stereocenters. The van der Waals surface area contributed by atoms with E-state index in [1.54, 1.807) is 6.07 Å². The Kier molecular flexibility index (Phi) is 4.62. The molecule has 3 N–H and O–H groups in total. The van der Waals surface area contributed by atoms with Crippen molar-refractivity contribution in [2.24, 2.45) is 0 Å². The fourth-order valence-electron chi connectivity index (χ4n) is 2.84. The van der Waals surface area contributed by atoms with Crippen molar-refractivity contribution in [2.45, 2.75) is 38.8 Å². The summed E-state index contributed by atoms with van der Waals surface area (Å²) in [6, 6.07) is 2.89. The van der Waals surface area contributed by atoms with E-state index in [0.717, 1.165) is 37.5 Å². The SMILES string of the molecule is CCc1nc2n(n1)CCCC2NC(=O)c1cc(Cl)c(N)cc1OC. The minimum Gasteiger partial charge on any atom is -0.496 e. The Hall–Kier alpha value is -2.28. The number of ether oxygens (including phenoxy) is 1. The Morgan fingerprint density at radius 1 is 1.54 bits per heavy atom. The number of benzene rings is 1. The summed E-state index contributed by atoms with van der Waals surface area (Å²) in [4.78, 5) is 17.2. The highest BCUT2D eigenvalue weighted by molar-refractivity contribution is 6.33. The highest BCUT2D eigenvalue weighted by Crippen LogP contribution is 2.30. The second kappa shape index (κ2) is 6.68. The lowest BCUT2D eigenvalue weighted by molar-refractivity contribution is 0.0924. The molecule has 0 aliphatic carbocycles. The summed E-state index contributed by atoms with van der Waals surface area (Å²) in [6.07, 6.45) is 2.52. The first-order valence-corrected chi connectivity index (χ1v) is 8.28. The van der Waals surface area contributed by atoms with Crippen LogP contribution in [-0.2, 0) is 13.0 Å². The molecule has 1 aliphatic rings. The third-order valence-corrected chi connectivity index (χ3v) is 4.43. The maximum atomic E-state index is 12.7. The van der Waals surface area contributed by atoms with E-state index in [1.807, 2.05) is 11.6 Å². The molecule has 0 fully saturated rings. The number of nitrogens with zero attached hydrogens (tertiary/aromatic N) is 3. The number of amides is 1. The molecule has 1 unspecified atom stereocenters. The number of aryl methyl sites for hydroxylation is 2. The Labute approximate surface area is 145 Å². The number of methoxy groups -OCH3 is 1. The van der Waals surface area contributed by atoms with Gasteiger partial charge in [0.2, 0.25) is 0 Å². The number of rotatable bonds is 4. The Bertz CT molecular complexity index is 774. The third-order valence-electron chi connectivity index (χ3n) is 4.10. The van der Waals surface area contributed by atoms with Crippen LogP contribution >= 0.6 is 11.6 Å². The molecule has 0 saturated heterocycles. The first-order valence-electron chi connectivity index (χ1n) is 7.91. The van der Waals surface area contributed by atoms with Gasteiger partial charge >= 0.3 is 0 Å². The van der Waals surface area contributed by atoms with Crippen LogP contribution in [0.2, 0.25) is 5.02 Å². The fourth-order valence-corrected chi connectivity index (χ4v) is 3.00. The van der Waals surface area contributed by atoms with Crippen molar-refractivity contribution in [2.75, 3.05) is 12.8 Å². The number of hydrogen-bond donors (Lipinski definition) is 2. The van der Waals surface area contributed by atoms with Crippen molar-refractivity contribution in [1.82, 2.24) is 20.1 Å². The number of nitrogens with two attached hydrogens (primary N) is 1. The van der Waals surface area contributed by atoms with Crippen molar-refractivity contribution in [3.63, 3.8) is 0 Å². The van der Waals surface area contributed by atoms with Gasteiger partial charge in [0.15, 0.2) is 5.82 Å². The van der Waals surface area contributed by atoms with Gasteiger partial charge in [-0.3, -0.25) is 4.79 Å². The highest BCUT2D eigenvalue weighted by atomic mass is 35.5. The summed E-state index contributed by atoms with van der Waals surface area (Å²) >= 11 is 6.05. The van der Waals surface area contributed by atoms with Crippen LogP contribution in [0.4, 0.5) is 5.69 Å². The largest absolute Gasteiger partial charge is 0.496 e. The summed E-state index contributed by atoms with van der Waals surface area (Å²) in [6.45, 7) is 2.84. The zero-order valence-corrected chi connectivity index (χ0v) is 14.4. The van der Waals surface area contributed by atoms with Crippen LogP contribution in [0.15, 0.2) is 12.1 Å². The molecule has 0 bridgehead atoms. The zero-order valence-electron chi connectivity index (χ0n) is 13.7. The number of aromatic nitrogens is 3. The second-order valence-corrected chi connectivity index (χ2v) is 6.11. The lowest BCUT2D eigenvalue weighted by Gasteiger charge is -2.23. The molecule has 7 nitrogen and oxygen atoms in total. The van der Waals surface area contributed by atoms with Gasteiger partial charge in [-0.1, -0.05) is 18.5 Å². The standard InChI is InChI=1S/C16H20ClN5O2/c1-3-14-20-15-12(5-4-6-22(15)21-14)19-16(23)9-7-10(17)11(18)8-13(9)24-2/h7-8,12H,3-6,18H2,1-2H3,(H,19,23). The summed E-state index contributed by atoms with van der Waals surface area (Å²) in [5.41, 5.74) is 6.49. The first-order chi connectivity index (χ1) is 11.5. The normalized spacial score (nSPS) is 16.5. The lowest BCUT2D eigenvalue weighted by atomic mass is 10.1. The minimum absolute atomic E-state index is 0.180. The van der Waals surface area contributed by atoms with E-state index >= 15 is 0 Å². The van der Waals surface area contributed by atoms with Gasteiger partial charge in [0, 0.05) is 19.0 Å². The van der Waals surface area contributed by atoms with Crippen molar-refractivity contribution < 1.29 is 9.53 Å². The molecule has 2 heterocycles. The number of anilines is 1. The average Bonchev–Trinajstić information content (AvgIpc) is 3.01. The average molecular weight is 350 g/mol. The van der Waals surface area contributed by atoms with E-state index in [1.165, 1.54) is 13.2 Å². The summed E-state index contributed by atoms with van der Waals surface area (Å²) in [7, 11) is 1.49. The van der Waals surface area contributed by atoms with Crippen LogP contribution in [0.5, 0.6) is 5.75 Å². The van der Waals surface area contributed by atoms with Crippen LogP contribution in [0, 0.1) is 0 Å². The smallest absolute Gasteiger partial charge is 0.255 e. The van der Waals surface area contributed by atoms with Gasteiger partial charge in [0.05, 0.1) is 29.4 Å². The Balaban J connectivity index is 1.86. The number of hydrogen-bond acceptors (Lipinski definition) is 5. The first kappa shape index (κ1) is 16.6. The maximum Gasteiger partial charge on any atom is 0.255 e. The molecule has 2 aromatic rings. The molecular formula is C16H20ClN5O2. The van der Waals surface area contributed by atoms with Gasteiger partial charge < -0.3 is 15.8 Å². The predicted octanol–water partition coefficient (Wildman–Crippen LogP) is 2.35. The van der Waals surface area contributed by atoms with Gasteiger partial charge in [0.25, 0.3) is 5.91 Å². The monoisotopic (exact) mass is 349 g/mol. The molecule has 0 radical (unpaired) electrons. The van der Waals surface area contributed by atoms with E-state index in [-0.39, 0.29) is 11.9 Å². The zero-order chi connectivity index (χ0) is 17.3. The molecular weight excluding hydrogens is 330 g/mol. The van der Waals surface area contributed by atoms with E-state index in [4.69, 9.17) is 22.1 Å².